The van der Waals surface area contributed by atoms with Gasteiger partial charge in [0.2, 0.25) is 0 Å². The van der Waals surface area contributed by atoms with E-state index in [2.05, 4.69) is 72.3 Å². The van der Waals surface area contributed by atoms with Gasteiger partial charge >= 0.3 is 5.90 Å². The van der Waals surface area contributed by atoms with Gasteiger partial charge in [-0.1, -0.05) is 55.0 Å². The van der Waals surface area contributed by atoms with Crippen LogP contribution in [-0.2, 0) is 4.74 Å². The molecule has 0 aromatic heterocycles. The Kier molecular flexibility index (Phi) is 3.90. The van der Waals surface area contributed by atoms with Crippen LogP contribution in [0, 0.1) is 5.92 Å². The quantitative estimate of drug-likeness (QED) is 0.749. The first-order valence-corrected chi connectivity index (χ1v) is 8.71. The van der Waals surface area contributed by atoms with E-state index in [9.17, 15) is 0 Å². The van der Waals surface area contributed by atoms with Crippen LogP contribution in [0.1, 0.15) is 42.9 Å². The van der Waals surface area contributed by atoms with Crippen LogP contribution in [0.25, 0.3) is 0 Å². The van der Waals surface area contributed by atoms with E-state index < -0.39 is 0 Å². The number of fused-ring (bicyclic) bond motifs is 1. The number of nitrogens with zero attached hydrogens (tertiary/aromatic N) is 1. The maximum absolute atomic E-state index is 6.48. The van der Waals surface area contributed by atoms with Gasteiger partial charge in [-0.05, 0) is 31.4 Å². The lowest BCUT2D eigenvalue weighted by Gasteiger charge is -2.38. The van der Waals surface area contributed by atoms with Crippen molar-refractivity contribution in [1.82, 2.24) is 0 Å². The summed E-state index contributed by atoms with van der Waals surface area (Å²) in [6, 6.07) is 21.9. The Labute approximate surface area is 138 Å². The predicted octanol–water partition coefficient (Wildman–Crippen LogP) is 4.41. The van der Waals surface area contributed by atoms with E-state index in [1.165, 1.54) is 36.8 Å². The molecule has 0 bridgehead atoms. The molecule has 1 fully saturated rings. The lowest BCUT2D eigenvalue weighted by atomic mass is 9.77. The molecule has 0 amide bonds. The zero-order valence-electron chi connectivity index (χ0n) is 13.7. The molecule has 1 aliphatic carbocycles. The van der Waals surface area contributed by atoms with Crippen molar-refractivity contribution in [3.8, 4) is 0 Å². The topological polar surface area (TPSA) is 12.2 Å². The molecule has 3 atom stereocenters. The minimum Gasteiger partial charge on any atom is -0.440 e. The number of rotatable bonds is 2. The Morgan fingerprint density at radius 3 is 2.26 bits per heavy atom. The first-order valence-electron chi connectivity index (χ1n) is 8.71. The van der Waals surface area contributed by atoms with Gasteiger partial charge in [0.15, 0.2) is 6.04 Å². The van der Waals surface area contributed by atoms with Gasteiger partial charge in [0, 0.05) is 5.56 Å². The lowest BCUT2D eigenvalue weighted by molar-refractivity contribution is -0.576. The first-order chi connectivity index (χ1) is 11.3. The predicted molar refractivity (Wildman–Crippen MR) is 92.7 cm³/mol. The SMILES string of the molecule is C[N+]1=C(c2ccccc2)O[C@H]2CCCC[C@H]2C1c1ccccc1. The molecule has 2 nitrogen and oxygen atoms in total. The van der Waals surface area contributed by atoms with Gasteiger partial charge in [-0.15, -0.1) is 0 Å². The fourth-order valence-electron chi connectivity index (χ4n) is 4.25. The van der Waals surface area contributed by atoms with Gasteiger partial charge < -0.3 is 4.74 Å². The smallest absolute Gasteiger partial charge is 0.370 e. The van der Waals surface area contributed by atoms with Gasteiger partial charge in [0.05, 0.1) is 11.5 Å². The van der Waals surface area contributed by atoms with Crippen LogP contribution in [0.5, 0.6) is 0 Å². The van der Waals surface area contributed by atoms with Crippen molar-refractivity contribution in [3.05, 3.63) is 71.8 Å². The summed E-state index contributed by atoms with van der Waals surface area (Å²) in [5, 5.41) is 0. The molecule has 2 heteroatoms. The Bertz CT molecular complexity index is 692. The Balaban J connectivity index is 1.82. The van der Waals surface area contributed by atoms with Crippen LogP contribution in [0.15, 0.2) is 60.7 Å². The molecule has 1 unspecified atom stereocenters. The van der Waals surface area contributed by atoms with Crippen molar-refractivity contribution in [3.63, 3.8) is 0 Å². The molecule has 1 aliphatic heterocycles. The van der Waals surface area contributed by atoms with Gasteiger partial charge in [-0.3, -0.25) is 0 Å². The highest BCUT2D eigenvalue weighted by atomic mass is 16.5. The van der Waals surface area contributed by atoms with Crippen molar-refractivity contribution in [1.29, 1.82) is 0 Å². The van der Waals surface area contributed by atoms with Crippen molar-refractivity contribution in [2.45, 2.75) is 37.8 Å². The van der Waals surface area contributed by atoms with E-state index in [1.54, 1.807) is 0 Å². The Morgan fingerprint density at radius 2 is 1.52 bits per heavy atom. The van der Waals surface area contributed by atoms with Gasteiger partial charge in [-0.2, -0.15) is 4.58 Å². The van der Waals surface area contributed by atoms with Crippen molar-refractivity contribution in [2.24, 2.45) is 5.92 Å². The second-order valence-corrected chi connectivity index (χ2v) is 6.74. The van der Waals surface area contributed by atoms with Crippen LogP contribution in [-0.4, -0.2) is 23.6 Å². The second-order valence-electron chi connectivity index (χ2n) is 6.74. The van der Waals surface area contributed by atoms with Gasteiger partial charge in [0.25, 0.3) is 0 Å². The minimum absolute atomic E-state index is 0.348. The van der Waals surface area contributed by atoms with Crippen LogP contribution in [0.3, 0.4) is 0 Å². The van der Waals surface area contributed by atoms with Crippen LogP contribution >= 0.6 is 0 Å². The Morgan fingerprint density at radius 1 is 0.870 bits per heavy atom. The van der Waals surface area contributed by atoms with Crippen molar-refractivity contribution in [2.75, 3.05) is 7.05 Å². The standard InChI is InChI=1S/C21H24NO/c1-22-20(16-10-4-2-5-11-16)18-14-8-9-15-19(18)23-21(22)17-12-6-3-7-13-17/h2-7,10-13,18-20H,8-9,14-15H2,1H3/q+1/t18-,19+,20?/m1/s1. The van der Waals surface area contributed by atoms with Gasteiger partial charge in [0.1, 0.15) is 13.2 Å². The molecule has 0 radical (unpaired) electrons. The average Bonchev–Trinajstić information content (AvgIpc) is 2.63. The van der Waals surface area contributed by atoms with Crippen LogP contribution in [0.2, 0.25) is 0 Å². The molecule has 1 heterocycles. The van der Waals surface area contributed by atoms with Crippen molar-refractivity contribution >= 4 is 5.90 Å². The third kappa shape index (κ3) is 2.67. The van der Waals surface area contributed by atoms with Crippen molar-refractivity contribution < 1.29 is 9.31 Å². The highest BCUT2D eigenvalue weighted by molar-refractivity contribution is 5.90. The van der Waals surface area contributed by atoms with E-state index in [1.807, 2.05) is 0 Å². The molecule has 0 spiro atoms. The van der Waals surface area contributed by atoms with E-state index in [0.29, 0.717) is 18.1 Å². The minimum atomic E-state index is 0.348. The third-order valence-corrected chi connectivity index (χ3v) is 5.32. The number of hydrogen-bond donors (Lipinski definition) is 0. The summed E-state index contributed by atoms with van der Waals surface area (Å²) in [5.41, 5.74) is 2.59. The first kappa shape index (κ1) is 14.5. The highest BCUT2D eigenvalue weighted by Crippen LogP contribution is 2.41. The molecule has 2 aromatic carbocycles. The molecular formula is C21H24NO+. The summed E-state index contributed by atoms with van der Waals surface area (Å²) in [5.74, 6) is 1.62. The molecule has 2 aromatic rings. The molecule has 2 aliphatic rings. The van der Waals surface area contributed by atoms with E-state index in [0.717, 1.165) is 5.90 Å². The molecule has 4 rings (SSSR count). The van der Waals surface area contributed by atoms with Crippen LogP contribution in [0.4, 0.5) is 0 Å². The summed E-state index contributed by atoms with van der Waals surface area (Å²) >= 11 is 0. The summed E-state index contributed by atoms with van der Waals surface area (Å²) in [6.45, 7) is 0. The second kappa shape index (κ2) is 6.19. The highest BCUT2D eigenvalue weighted by Gasteiger charge is 2.46. The molecule has 23 heavy (non-hydrogen) atoms. The average molecular weight is 306 g/mol. The summed E-state index contributed by atoms with van der Waals surface area (Å²) < 4.78 is 8.84. The van der Waals surface area contributed by atoms with Crippen LogP contribution < -0.4 is 0 Å². The fraction of sp³-hybridized carbons (Fsp3) is 0.381. The number of hydrogen-bond acceptors (Lipinski definition) is 1. The van der Waals surface area contributed by atoms with Gasteiger partial charge in [-0.25, -0.2) is 0 Å². The zero-order chi connectivity index (χ0) is 15.6. The summed E-state index contributed by atoms with van der Waals surface area (Å²) in [4.78, 5) is 0. The number of ether oxygens (including phenoxy) is 1. The molecule has 1 saturated carbocycles. The summed E-state index contributed by atoms with van der Waals surface area (Å²) in [6.07, 6.45) is 5.39. The fourth-order valence-corrected chi connectivity index (χ4v) is 4.25. The third-order valence-electron chi connectivity index (χ3n) is 5.32. The molecule has 0 N–H and O–H groups in total. The maximum Gasteiger partial charge on any atom is 0.370 e. The maximum atomic E-state index is 6.48. The zero-order valence-corrected chi connectivity index (χ0v) is 13.7. The lowest BCUT2D eigenvalue weighted by Crippen LogP contribution is -2.45. The van der Waals surface area contributed by atoms with E-state index in [-0.39, 0.29) is 0 Å². The Hall–Kier alpha value is -2.09. The molecular weight excluding hydrogens is 282 g/mol. The molecule has 0 saturated heterocycles. The monoisotopic (exact) mass is 306 g/mol. The molecule has 118 valence electrons. The van der Waals surface area contributed by atoms with E-state index in [4.69, 9.17) is 4.74 Å². The largest absolute Gasteiger partial charge is 0.440 e. The summed E-state index contributed by atoms with van der Waals surface area (Å²) in [7, 11) is 2.19. The number of benzene rings is 2. The normalized spacial score (nSPS) is 27.3. The van der Waals surface area contributed by atoms with E-state index >= 15 is 0 Å².